The van der Waals surface area contributed by atoms with E-state index in [4.69, 9.17) is 10.5 Å². The number of carbonyl (C=O) groups is 2. The molecule has 2 aromatic rings. The molecule has 1 fully saturated rings. The molecular weight excluding hydrogens is 396 g/mol. The molecule has 156 valence electrons. The highest BCUT2D eigenvalue weighted by atomic mass is 35.5. The average molecular weight is 421 g/mol. The zero-order valence-corrected chi connectivity index (χ0v) is 17.2. The van der Waals surface area contributed by atoms with Crippen molar-refractivity contribution in [2.45, 2.75) is 50.8 Å². The SMILES string of the molecule is CC1Oc2ccc(NC(=O)c3cn(C4CCC(N)CC4)nn3)cc2N(C)C1=O.Cl. The van der Waals surface area contributed by atoms with Crippen molar-refractivity contribution in [2.24, 2.45) is 5.73 Å². The van der Waals surface area contributed by atoms with Crippen molar-refractivity contribution in [1.29, 1.82) is 0 Å². The number of halogens is 1. The van der Waals surface area contributed by atoms with E-state index in [0.717, 1.165) is 25.7 Å². The van der Waals surface area contributed by atoms with E-state index in [0.29, 0.717) is 17.1 Å². The van der Waals surface area contributed by atoms with Crippen LogP contribution in [0.3, 0.4) is 0 Å². The van der Waals surface area contributed by atoms with Crippen LogP contribution in [0, 0.1) is 0 Å². The average Bonchev–Trinajstić information content (AvgIpc) is 3.18. The maximum Gasteiger partial charge on any atom is 0.277 e. The van der Waals surface area contributed by atoms with Crippen LogP contribution in [0.25, 0.3) is 0 Å². The van der Waals surface area contributed by atoms with E-state index in [1.54, 1.807) is 43.0 Å². The fourth-order valence-corrected chi connectivity index (χ4v) is 3.71. The summed E-state index contributed by atoms with van der Waals surface area (Å²) in [4.78, 5) is 26.2. The molecule has 2 amide bonds. The predicted molar refractivity (Wildman–Crippen MR) is 111 cm³/mol. The van der Waals surface area contributed by atoms with Gasteiger partial charge in [0.05, 0.1) is 17.9 Å². The van der Waals surface area contributed by atoms with Gasteiger partial charge < -0.3 is 20.7 Å². The van der Waals surface area contributed by atoms with Crippen LogP contribution in [0.15, 0.2) is 24.4 Å². The Morgan fingerprint density at radius 1 is 1.28 bits per heavy atom. The Hall–Kier alpha value is -2.65. The van der Waals surface area contributed by atoms with Gasteiger partial charge in [0.1, 0.15) is 5.75 Å². The summed E-state index contributed by atoms with van der Waals surface area (Å²) in [5.41, 5.74) is 7.37. The number of likely N-dealkylation sites (N-methyl/N-ethyl adjacent to an activating group) is 1. The first-order valence-electron chi connectivity index (χ1n) is 9.49. The highest BCUT2D eigenvalue weighted by Crippen LogP contribution is 2.35. The molecule has 1 aliphatic carbocycles. The van der Waals surface area contributed by atoms with Gasteiger partial charge in [-0.1, -0.05) is 5.21 Å². The van der Waals surface area contributed by atoms with Gasteiger partial charge in [0, 0.05) is 18.8 Å². The lowest BCUT2D eigenvalue weighted by atomic mass is 9.92. The maximum atomic E-state index is 12.6. The van der Waals surface area contributed by atoms with Gasteiger partial charge in [-0.25, -0.2) is 4.68 Å². The fraction of sp³-hybridized carbons (Fsp3) is 0.474. The molecule has 3 N–H and O–H groups in total. The molecule has 1 aromatic heterocycles. The second-order valence-corrected chi connectivity index (χ2v) is 7.45. The monoisotopic (exact) mass is 420 g/mol. The first kappa shape index (κ1) is 21.1. The molecule has 1 saturated carbocycles. The number of nitrogens with zero attached hydrogens (tertiary/aromatic N) is 4. The third kappa shape index (κ3) is 4.20. The molecule has 1 unspecified atom stereocenters. The number of anilines is 2. The van der Waals surface area contributed by atoms with Crippen molar-refractivity contribution >= 4 is 35.6 Å². The summed E-state index contributed by atoms with van der Waals surface area (Å²) in [6.07, 6.45) is 4.93. The summed E-state index contributed by atoms with van der Waals surface area (Å²) < 4.78 is 7.36. The van der Waals surface area contributed by atoms with Gasteiger partial charge in [0.15, 0.2) is 11.8 Å². The van der Waals surface area contributed by atoms with Crippen molar-refractivity contribution in [3.63, 3.8) is 0 Å². The predicted octanol–water partition coefficient (Wildman–Crippen LogP) is 2.14. The van der Waals surface area contributed by atoms with E-state index in [1.165, 1.54) is 4.90 Å². The summed E-state index contributed by atoms with van der Waals surface area (Å²) in [5, 5.41) is 10.9. The first-order valence-corrected chi connectivity index (χ1v) is 9.49. The van der Waals surface area contributed by atoms with Crippen LogP contribution in [-0.4, -0.2) is 46.0 Å². The Morgan fingerprint density at radius 3 is 2.72 bits per heavy atom. The summed E-state index contributed by atoms with van der Waals surface area (Å²) in [7, 11) is 1.69. The third-order valence-electron chi connectivity index (χ3n) is 5.42. The number of fused-ring (bicyclic) bond motifs is 1. The molecule has 1 atom stereocenters. The number of aromatic nitrogens is 3. The molecular formula is C19H25ClN6O3. The summed E-state index contributed by atoms with van der Waals surface area (Å²) >= 11 is 0. The normalized spacial score (nSPS) is 23.6. The molecule has 29 heavy (non-hydrogen) atoms. The first-order chi connectivity index (χ1) is 13.4. The van der Waals surface area contributed by atoms with Crippen molar-refractivity contribution < 1.29 is 14.3 Å². The fourth-order valence-electron chi connectivity index (χ4n) is 3.71. The van der Waals surface area contributed by atoms with Gasteiger partial charge in [-0.05, 0) is 50.8 Å². The summed E-state index contributed by atoms with van der Waals surface area (Å²) in [5.74, 6) is 0.123. The van der Waals surface area contributed by atoms with Crippen molar-refractivity contribution in [1.82, 2.24) is 15.0 Å². The van der Waals surface area contributed by atoms with E-state index >= 15 is 0 Å². The second kappa shape index (κ2) is 8.38. The van der Waals surface area contributed by atoms with Crippen LogP contribution >= 0.6 is 12.4 Å². The van der Waals surface area contributed by atoms with Gasteiger partial charge in [-0.15, -0.1) is 17.5 Å². The number of nitrogens with one attached hydrogen (secondary N) is 1. The van der Waals surface area contributed by atoms with E-state index in [-0.39, 0.29) is 42.0 Å². The van der Waals surface area contributed by atoms with Gasteiger partial charge in [0.25, 0.3) is 11.8 Å². The highest BCUT2D eigenvalue weighted by Gasteiger charge is 2.29. The Labute approximate surface area is 175 Å². The van der Waals surface area contributed by atoms with E-state index in [9.17, 15) is 9.59 Å². The van der Waals surface area contributed by atoms with Crippen molar-refractivity contribution in [2.75, 3.05) is 17.3 Å². The van der Waals surface area contributed by atoms with Crippen LogP contribution in [0.5, 0.6) is 5.75 Å². The number of benzene rings is 1. The topological polar surface area (TPSA) is 115 Å². The molecule has 1 aromatic carbocycles. The van der Waals surface area contributed by atoms with Crippen LogP contribution in [-0.2, 0) is 4.79 Å². The zero-order valence-electron chi connectivity index (χ0n) is 16.4. The maximum absolute atomic E-state index is 12.6. The number of amides is 2. The number of carbonyl (C=O) groups excluding carboxylic acids is 2. The summed E-state index contributed by atoms with van der Waals surface area (Å²) in [6, 6.07) is 5.68. The minimum Gasteiger partial charge on any atom is -0.479 e. The molecule has 1 aliphatic heterocycles. The smallest absolute Gasteiger partial charge is 0.277 e. The van der Waals surface area contributed by atoms with Crippen LogP contribution in [0.1, 0.15) is 49.1 Å². The largest absolute Gasteiger partial charge is 0.479 e. The minimum atomic E-state index is -0.526. The highest BCUT2D eigenvalue weighted by molar-refractivity contribution is 6.04. The van der Waals surface area contributed by atoms with E-state index < -0.39 is 6.10 Å². The molecule has 0 radical (unpaired) electrons. The van der Waals surface area contributed by atoms with Gasteiger partial charge in [0.2, 0.25) is 0 Å². The molecule has 2 aliphatic rings. The number of nitrogens with two attached hydrogens (primary N) is 1. The van der Waals surface area contributed by atoms with Crippen LogP contribution in [0.4, 0.5) is 11.4 Å². The molecule has 9 nitrogen and oxygen atoms in total. The number of hydrogen-bond acceptors (Lipinski definition) is 6. The standard InChI is InChI=1S/C19H24N6O3.ClH/c1-11-19(27)24(2)16-9-13(5-8-17(16)28-11)21-18(26)15-10-25(23-22-15)14-6-3-12(20)4-7-14;/h5,8-12,14H,3-4,6-7,20H2,1-2H3,(H,21,26);1H. The van der Waals surface area contributed by atoms with Gasteiger partial charge >= 0.3 is 0 Å². The molecule has 0 bridgehead atoms. The third-order valence-corrected chi connectivity index (χ3v) is 5.42. The van der Waals surface area contributed by atoms with Gasteiger partial charge in [-0.2, -0.15) is 0 Å². The number of hydrogen-bond donors (Lipinski definition) is 2. The lowest BCUT2D eigenvalue weighted by molar-refractivity contribution is -0.125. The van der Waals surface area contributed by atoms with Crippen LogP contribution < -0.4 is 20.7 Å². The Kier molecular flexibility index (Phi) is 6.09. The van der Waals surface area contributed by atoms with E-state index in [2.05, 4.69) is 15.6 Å². The number of ether oxygens (including phenoxy) is 1. The quantitative estimate of drug-likeness (QED) is 0.785. The molecule has 10 heteroatoms. The Balaban J connectivity index is 0.00000240. The summed E-state index contributed by atoms with van der Waals surface area (Å²) in [6.45, 7) is 1.71. The minimum absolute atomic E-state index is 0. The molecule has 4 rings (SSSR count). The van der Waals surface area contributed by atoms with Crippen molar-refractivity contribution in [3.05, 3.63) is 30.1 Å². The zero-order chi connectivity index (χ0) is 19.8. The molecule has 2 heterocycles. The molecule has 0 saturated heterocycles. The second-order valence-electron chi connectivity index (χ2n) is 7.45. The Morgan fingerprint density at radius 2 is 2.00 bits per heavy atom. The van der Waals surface area contributed by atoms with Crippen molar-refractivity contribution in [3.8, 4) is 5.75 Å². The number of rotatable bonds is 3. The van der Waals surface area contributed by atoms with Crippen LogP contribution in [0.2, 0.25) is 0 Å². The lowest BCUT2D eigenvalue weighted by Crippen LogP contribution is -2.41. The molecule has 0 spiro atoms. The van der Waals surface area contributed by atoms with E-state index in [1.807, 2.05) is 0 Å². The lowest BCUT2D eigenvalue weighted by Gasteiger charge is -2.30. The van der Waals surface area contributed by atoms with Gasteiger partial charge in [-0.3, -0.25) is 9.59 Å². The Bertz CT molecular complexity index is 909.